The minimum absolute atomic E-state index is 0.121. The number of hydrogen-bond donors (Lipinski definition) is 2. The summed E-state index contributed by atoms with van der Waals surface area (Å²) in [6.07, 6.45) is -4.77. The summed E-state index contributed by atoms with van der Waals surface area (Å²) < 4.78 is 50.9. The van der Waals surface area contributed by atoms with Crippen LogP contribution in [0.4, 0.5) is 17.6 Å². The first-order valence-corrected chi connectivity index (χ1v) is 4.60. The van der Waals surface area contributed by atoms with Gasteiger partial charge in [-0.15, -0.1) is 0 Å². The third-order valence-corrected chi connectivity index (χ3v) is 2.17. The molecule has 0 saturated heterocycles. The topological polar surface area (TPSA) is 46.2 Å². The average molecular weight is 237 g/mol. The zero-order chi connectivity index (χ0) is 12.3. The molecule has 0 aliphatic rings. The van der Waals surface area contributed by atoms with Crippen LogP contribution in [0.3, 0.4) is 0 Å². The fraction of sp³-hybridized carbons (Fsp3) is 0.400. The van der Waals surface area contributed by atoms with Gasteiger partial charge in [0.2, 0.25) is 0 Å². The van der Waals surface area contributed by atoms with Gasteiger partial charge in [0.1, 0.15) is 5.82 Å². The summed E-state index contributed by atoms with van der Waals surface area (Å²) in [5.41, 5.74) is 3.72. The van der Waals surface area contributed by atoms with Gasteiger partial charge < -0.3 is 10.8 Å². The van der Waals surface area contributed by atoms with Crippen LogP contribution in [-0.2, 0) is 6.18 Å². The lowest BCUT2D eigenvalue weighted by Crippen LogP contribution is -2.20. The molecular weight excluding hydrogens is 226 g/mol. The Kier molecular flexibility index (Phi) is 3.88. The summed E-state index contributed by atoms with van der Waals surface area (Å²) in [4.78, 5) is 0. The van der Waals surface area contributed by atoms with Crippen molar-refractivity contribution in [2.45, 2.75) is 18.6 Å². The molecule has 0 radical (unpaired) electrons. The van der Waals surface area contributed by atoms with E-state index in [1.807, 2.05) is 0 Å². The van der Waals surface area contributed by atoms with E-state index in [0.717, 1.165) is 18.2 Å². The highest BCUT2D eigenvalue weighted by Crippen LogP contribution is 2.35. The number of alkyl halides is 3. The highest BCUT2D eigenvalue weighted by atomic mass is 19.4. The standard InChI is InChI=1S/C10H11F4NO/c11-7-3-1-2-6(10(12,13)14)9(7)8(15)4-5-16/h1-3,8,16H,4-5,15H2/t8-/m0/s1. The Morgan fingerprint density at radius 3 is 2.44 bits per heavy atom. The van der Waals surface area contributed by atoms with Crippen molar-refractivity contribution in [3.05, 3.63) is 35.1 Å². The van der Waals surface area contributed by atoms with Crippen LogP contribution in [0.5, 0.6) is 0 Å². The number of benzene rings is 1. The van der Waals surface area contributed by atoms with Gasteiger partial charge in [-0.25, -0.2) is 4.39 Å². The van der Waals surface area contributed by atoms with Crippen molar-refractivity contribution in [2.24, 2.45) is 5.73 Å². The molecule has 1 aromatic rings. The Balaban J connectivity index is 3.24. The molecule has 1 atom stereocenters. The van der Waals surface area contributed by atoms with Crippen LogP contribution in [-0.4, -0.2) is 11.7 Å². The molecule has 0 unspecified atom stereocenters. The molecule has 0 saturated carbocycles. The molecular formula is C10H11F4NO. The van der Waals surface area contributed by atoms with Crippen LogP contribution in [0.15, 0.2) is 18.2 Å². The van der Waals surface area contributed by atoms with Crippen LogP contribution in [0.1, 0.15) is 23.6 Å². The van der Waals surface area contributed by atoms with Crippen molar-refractivity contribution in [1.82, 2.24) is 0 Å². The SMILES string of the molecule is N[C@@H](CCO)c1c(F)cccc1C(F)(F)F. The molecule has 1 rings (SSSR count). The normalized spacial score (nSPS) is 13.9. The number of aliphatic hydroxyl groups is 1. The van der Waals surface area contributed by atoms with Crippen molar-refractivity contribution in [2.75, 3.05) is 6.61 Å². The summed E-state index contributed by atoms with van der Waals surface area (Å²) in [7, 11) is 0. The molecule has 6 heteroatoms. The third-order valence-electron chi connectivity index (χ3n) is 2.17. The van der Waals surface area contributed by atoms with E-state index >= 15 is 0 Å². The molecule has 0 aliphatic carbocycles. The van der Waals surface area contributed by atoms with Crippen LogP contribution < -0.4 is 5.73 Å². The highest BCUT2D eigenvalue weighted by Gasteiger charge is 2.35. The van der Waals surface area contributed by atoms with E-state index in [-0.39, 0.29) is 6.42 Å². The predicted molar refractivity (Wildman–Crippen MR) is 50.0 cm³/mol. The summed E-state index contributed by atoms with van der Waals surface area (Å²) in [5.74, 6) is -1.00. The van der Waals surface area contributed by atoms with Gasteiger partial charge in [-0.3, -0.25) is 0 Å². The van der Waals surface area contributed by atoms with Gasteiger partial charge in [0.25, 0.3) is 0 Å². The largest absolute Gasteiger partial charge is 0.416 e. The number of rotatable bonds is 3. The van der Waals surface area contributed by atoms with Gasteiger partial charge in [0.15, 0.2) is 0 Å². The molecule has 3 N–H and O–H groups in total. The van der Waals surface area contributed by atoms with Crippen molar-refractivity contribution >= 4 is 0 Å². The van der Waals surface area contributed by atoms with Crippen molar-refractivity contribution in [3.63, 3.8) is 0 Å². The van der Waals surface area contributed by atoms with Crippen LogP contribution in [0, 0.1) is 5.82 Å². The fourth-order valence-corrected chi connectivity index (χ4v) is 1.44. The zero-order valence-electron chi connectivity index (χ0n) is 8.26. The minimum atomic E-state index is -4.65. The first kappa shape index (κ1) is 12.9. The Hall–Kier alpha value is -1.14. The van der Waals surface area contributed by atoms with E-state index in [0.29, 0.717) is 0 Å². The zero-order valence-corrected chi connectivity index (χ0v) is 8.26. The molecule has 0 aliphatic heterocycles. The van der Waals surface area contributed by atoms with Crippen molar-refractivity contribution in [1.29, 1.82) is 0 Å². The van der Waals surface area contributed by atoms with E-state index < -0.39 is 35.8 Å². The summed E-state index contributed by atoms with van der Waals surface area (Å²) in [5, 5.41) is 8.60. The first-order chi connectivity index (χ1) is 7.38. The van der Waals surface area contributed by atoms with Crippen molar-refractivity contribution < 1.29 is 22.7 Å². The summed E-state index contributed by atoms with van der Waals surface area (Å²) >= 11 is 0. The van der Waals surface area contributed by atoms with Gasteiger partial charge in [-0.2, -0.15) is 13.2 Å². The van der Waals surface area contributed by atoms with Gasteiger partial charge in [0, 0.05) is 18.2 Å². The van der Waals surface area contributed by atoms with Crippen LogP contribution in [0.2, 0.25) is 0 Å². The first-order valence-electron chi connectivity index (χ1n) is 4.60. The highest BCUT2D eigenvalue weighted by molar-refractivity contribution is 5.33. The van der Waals surface area contributed by atoms with E-state index in [9.17, 15) is 17.6 Å². The number of aliphatic hydroxyl groups excluding tert-OH is 1. The van der Waals surface area contributed by atoms with Gasteiger partial charge in [0.05, 0.1) is 5.56 Å². The maximum absolute atomic E-state index is 13.3. The summed E-state index contributed by atoms with van der Waals surface area (Å²) in [6, 6.07) is 1.51. The molecule has 0 heterocycles. The Labute approximate surface area is 89.7 Å². The minimum Gasteiger partial charge on any atom is -0.396 e. The number of hydrogen-bond acceptors (Lipinski definition) is 2. The molecule has 2 nitrogen and oxygen atoms in total. The quantitative estimate of drug-likeness (QED) is 0.792. The molecule has 0 aromatic heterocycles. The maximum atomic E-state index is 13.3. The molecule has 1 aromatic carbocycles. The van der Waals surface area contributed by atoms with Crippen molar-refractivity contribution in [3.8, 4) is 0 Å². The average Bonchev–Trinajstić information content (AvgIpc) is 2.16. The lowest BCUT2D eigenvalue weighted by atomic mass is 9.98. The Morgan fingerprint density at radius 2 is 1.94 bits per heavy atom. The summed E-state index contributed by atoms with van der Waals surface area (Å²) in [6.45, 7) is -0.396. The second-order valence-corrected chi connectivity index (χ2v) is 3.32. The molecule has 0 amide bonds. The molecule has 0 fully saturated rings. The predicted octanol–water partition coefficient (Wildman–Crippen LogP) is 2.23. The fourth-order valence-electron chi connectivity index (χ4n) is 1.44. The number of nitrogens with two attached hydrogens (primary N) is 1. The Morgan fingerprint density at radius 1 is 1.31 bits per heavy atom. The van der Waals surface area contributed by atoms with Gasteiger partial charge >= 0.3 is 6.18 Å². The van der Waals surface area contributed by atoms with E-state index in [2.05, 4.69) is 0 Å². The lowest BCUT2D eigenvalue weighted by molar-refractivity contribution is -0.138. The second-order valence-electron chi connectivity index (χ2n) is 3.32. The number of halogens is 4. The van der Waals surface area contributed by atoms with Crippen LogP contribution >= 0.6 is 0 Å². The third kappa shape index (κ3) is 2.70. The molecule has 90 valence electrons. The molecule has 0 bridgehead atoms. The second kappa shape index (κ2) is 4.80. The monoisotopic (exact) mass is 237 g/mol. The maximum Gasteiger partial charge on any atom is 0.416 e. The van der Waals surface area contributed by atoms with E-state index in [1.165, 1.54) is 0 Å². The van der Waals surface area contributed by atoms with Gasteiger partial charge in [-0.05, 0) is 18.6 Å². The van der Waals surface area contributed by atoms with Crippen LogP contribution in [0.25, 0.3) is 0 Å². The molecule has 16 heavy (non-hydrogen) atoms. The van der Waals surface area contributed by atoms with Gasteiger partial charge in [-0.1, -0.05) is 6.07 Å². The van der Waals surface area contributed by atoms with E-state index in [4.69, 9.17) is 10.8 Å². The lowest BCUT2D eigenvalue weighted by Gasteiger charge is -2.18. The molecule has 0 spiro atoms. The van der Waals surface area contributed by atoms with E-state index in [1.54, 1.807) is 0 Å². The smallest absolute Gasteiger partial charge is 0.396 e. The Bertz CT molecular complexity index is 364.